The molecular formula is C9H17N3O2. The Morgan fingerprint density at radius 3 is 2.93 bits per heavy atom. The van der Waals surface area contributed by atoms with Gasteiger partial charge in [0.15, 0.2) is 5.75 Å². The Balaban J connectivity index is 2.95. The molecular weight excluding hydrogens is 182 g/mol. The lowest BCUT2D eigenvalue weighted by atomic mass is 10.2. The highest BCUT2D eigenvalue weighted by Crippen LogP contribution is 2.26. The number of ether oxygens (including phenoxy) is 1. The van der Waals surface area contributed by atoms with Crippen molar-refractivity contribution < 1.29 is 9.84 Å². The third-order valence-corrected chi connectivity index (χ3v) is 2.12. The molecule has 0 aromatic carbocycles. The van der Waals surface area contributed by atoms with E-state index in [2.05, 4.69) is 5.10 Å². The molecule has 5 heteroatoms. The fraction of sp³-hybridized carbons (Fsp3) is 0.667. The largest absolute Gasteiger partial charge is 0.493 e. The highest BCUT2D eigenvalue weighted by Gasteiger charge is 2.18. The zero-order valence-electron chi connectivity index (χ0n) is 8.60. The van der Waals surface area contributed by atoms with Crippen LogP contribution in [0.15, 0.2) is 6.20 Å². The molecule has 1 aromatic heterocycles. The molecule has 14 heavy (non-hydrogen) atoms. The second-order valence-electron chi connectivity index (χ2n) is 3.01. The van der Waals surface area contributed by atoms with Crippen LogP contribution < -0.4 is 10.5 Å². The van der Waals surface area contributed by atoms with Crippen molar-refractivity contribution in [2.45, 2.75) is 26.0 Å². The predicted molar refractivity (Wildman–Crippen MR) is 53.1 cm³/mol. The van der Waals surface area contributed by atoms with Crippen LogP contribution in [0.25, 0.3) is 0 Å². The number of nitrogens with zero attached hydrogens (tertiary/aromatic N) is 2. The van der Waals surface area contributed by atoms with E-state index in [-0.39, 0.29) is 0 Å². The lowest BCUT2D eigenvalue weighted by Gasteiger charge is -2.12. The fourth-order valence-electron chi connectivity index (χ4n) is 1.42. The van der Waals surface area contributed by atoms with Gasteiger partial charge in [0.25, 0.3) is 0 Å². The number of nitrogens with two attached hydrogens (primary N) is 1. The molecule has 0 spiro atoms. The molecule has 0 fully saturated rings. The van der Waals surface area contributed by atoms with E-state index in [9.17, 15) is 5.11 Å². The van der Waals surface area contributed by atoms with Gasteiger partial charge in [-0.3, -0.25) is 4.68 Å². The first-order chi connectivity index (χ1) is 6.74. The number of methoxy groups -OCH3 is 1. The molecule has 0 radical (unpaired) electrons. The van der Waals surface area contributed by atoms with Gasteiger partial charge in [-0.25, -0.2) is 0 Å². The SMILES string of the molecule is CCn1ncc(OC)c1C(O)CCN. The number of aromatic nitrogens is 2. The molecule has 0 aliphatic rings. The summed E-state index contributed by atoms with van der Waals surface area (Å²) in [6, 6.07) is 0. The molecule has 1 unspecified atom stereocenters. The van der Waals surface area contributed by atoms with E-state index in [4.69, 9.17) is 10.5 Å². The Hall–Kier alpha value is -1.07. The molecule has 0 saturated carbocycles. The molecule has 80 valence electrons. The normalized spacial score (nSPS) is 12.9. The predicted octanol–water partition coefficient (Wildman–Crippen LogP) is 0.294. The average Bonchev–Trinajstić information content (AvgIpc) is 2.60. The molecule has 0 amide bonds. The second-order valence-corrected chi connectivity index (χ2v) is 3.01. The first kappa shape index (κ1) is 11.0. The van der Waals surface area contributed by atoms with Crippen LogP contribution in [-0.4, -0.2) is 28.5 Å². The highest BCUT2D eigenvalue weighted by atomic mass is 16.5. The number of aryl methyl sites for hydroxylation is 1. The monoisotopic (exact) mass is 199 g/mol. The van der Waals surface area contributed by atoms with Crippen LogP contribution in [0.3, 0.4) is 0 Å². The molecule has 0 bridgehead atoms. The summed E-state index contributed by atoms with van der Waals surface area (Å²) in [7, 11) is 1.57. The van der Waals surface area contributed by atoms with Gasteiger partial charge in [0, 0.05) is 6.54 Å². The summed E-state index contributed by atoms with van der Waals surface area (Å²) in [6.07, 6.45) is 1.53. The third-order valence-electron chi connectivity index (χ3n) is 2.12. The Bertz CT molecular complexity index is 264. The van der Waals surface area contributed by atoms with Crippen LogP contribution in [0, 0.1) is 0 Å². The first-order valence-electron chi connectivity index (χ1n) is 4.72. The van der Waals surface area contributed by atoms with Crippen LogP contribution >= 0.6 is 0 Å². The average molecular weight is 199 g/mol. The van der Waals surface area contributed by atoms with Gasteiger partial charge in [0.1, 0.15) is 11.8 Å². The van der Waals surface area contributed by atoms with Crippen LogP contribution in [0.5, 0.6) is 5.75 Å². The van der Waals surface area contributed by atoms with E-state index in [0.717, 1.165) is 0 Å². The summed E-state index contributed by atoms with van der Waals surface area (Å²) in [5.41, 5.74) is 6.10. The number of rotatable bonds is 5. The fourth-order valence-corrected chi connectivity index (χ4v) is 1.42. The number of hydrogen-bond acceptors (Lipinski definition) is 4. The van der Waals surface area contributed by atoms with Crippen molar-refractivity contribution in [2.75, 3.05) is 13.7 Å². The van der Waals surface area contributed by atoms with Gasteiger partial charge in [0.2, 0.25) is 0 Å². The van der Waals surface area contributed by atoms with Gasteiger partial charge < -0.3 is 15.6 Å². The summed E-state index contributed by atoms with van der Waals surface area (Å²) in [6.45, 7) is 3.12. The minimum Gasteiger partial charge on any atom is -0.493 e. The summed E-state index contributed by atoms with van der Waals surface area (Å²) in [4.78, 5) is 0. The summed E-state index contributed by atoms with van der Waals surface area (Å²) < 4.78 is 6.83. The molecule has 0 saturated heterocycles. The van der Waals surface area contributed by atoms with Crippen LogP contribution in [0.1, 0.15) is 25.1 Å². The van der Waals surface area contributed by atoms with Crippen molar-refractivity contribution in [3.63, 3.8) is 0 Å². The topological polar surface area (TPSA) is 73.3 Å². The van der Waals surface area contributed by atoms with Gasteiger partial charge in [-0.05, 0) is 19.9 Å². The Labute approximate surface area is 83.5 Å². The van der Waals surface area contributed by atoms with Crippen LogP contribution in [0.4, 0.5) is 0 Å². The van der Waals surface area contributed by atoms with Crippen molar-refractivity contribution in [2.24, 2.45) is 5.73 Å². The standard InChI is InChI=1S/C9H17N3O2/c1-3-12-9(7(13)4-5-10)8(14-2)6-11-12/h6-7,13H,3-5,10H2,1-2H3. The maximum absolute atomic E-state index is 9.81. The van der Waals surface area contributed by atoms with E-state index < -0.39 is 6.10 Å². The van der Waals surface area contributed by atoms with Crippen LogP contribution in [-0.2, 0) is 6.54 Å². The number of aliphatic hydroxyl groups is 1. The van der Waals surface area contributed by atoms with Gasteiger partial charge in [-0.2, -0.15) is 5.10 Å². The molecule has 0 aliphatic heterocycles. The maximum Gasteiger partial charge on any atom is 0.162 e. The lowest BCUT2D eigenvalue weighted by molar-refractivity contribution is 0.155. The molecule has 1 rings (SSSR count). The lowest BCUT2D eigenvalue weighted by Crippen LogP contribution is -2.12. The van der Waals surface area contributed by atoms with Gasteiger partial charge >= 0.3 is 0 Å². The van der Waals surface area contributed by atoms with Crippen molar-refractivity contribution >= 4 is 0 Å². The van der Waals surface area contributed by atoms with E-state index >= 15 is 0 Å². The molecule has 1 aromatic rings. The summed E-state index contributed by atoms with van der Waals surface area (Å²) in [5.74, 6) is 0.618. The van der Waals surface area contributed by atoms with Crippen molar-refractivity contribution in [3.05, 3.63) is 11.9 Å². The van der Waals surface area contributed by atoms with Gasteiger partial charge in [0.05, 0.1) is 13.3 Å². The zero-order chi connectivity index (χ0) is 10.6. The zero-order valence-corrected chi connectivity index (χ0v) is 8.60. The Morgan fingerprint density at radius 1 is 1.71 bits per heavy atom. The molecule has 1 atom stereocenters. The third kappa shape index (κ3) is 2.05. The summed E-state index contributed by atoms with van der Waals surface area (Å²) in [5, 5.41) is 13.9. The second kappa shape index (κ2) is 4.97. The maximum atomic E-state index is 9.81. The molecule has 3 N–H and O–H groups in total. The quantitative estimate of drug-likeness (QED) is 0.715. The van der Waals surface area contributed by atoms with E-state index in [1.807, 2.05) is 6.92 Å². The smallest absolute Gasteiger partial charge is 0.162 e. The van der Waals surface area contributed by atoms with Crippen LogP contribution in [0.2, 0.25) is 0 Å². The highest BCUT2D eigenvalue weighted by molar-refractivity contribution is 5.27. The first-order valence-corrected chi connectivity index (χ1v) is 4.72. The van der Waals surface area contributed by atoms with Crippen molar-refractivity contribution in [1.82, 2.24) is 9.78 Å². The minimum absolute atomic E-state index is 0.444. The molecule has 5 nitrogen and oxygen atoms in total. The summed E-state index contributed by atoms with van der Waals surface area (Å²) >= 11 is 0. The van der Waals surface area contributed by atoms with Crippen molar-refractivity contribution in [1.29, 1.82) is 0 Å². The molecule has 1 heterocycles. The Morgan fingerprint density at radius 2 is 2.43 bits per heavy atom. The van der Waals surface area contributed by atoms with Gasteiger partial charge in [-0.1, -0.05) is 0 Å². The van der Waals surface area contributed by atoms with E-state index in [0.29, 0.717) is 31.0 Å². The van der Waals surface area contributed by atoms with E-state index in [1.54, 1.807) is 18.0 Å². The molecule has 0 aliphatic carbocycles. The number of aliphatic hydroxyl groups excluding tert-OH is 1. The minimum atomic E-state index is -0.600. The van der Waals surface area contributed by atoms with E-state index in [1.165, 1.54) is 0 Å². The Kier molecular flexibility index (Phi) is 3.91. The van der Waals surface area contributed by atoms with Gasteiger partial charge in [-0.15, -0.1) is 0 Å². The van der Waals surface area contributed by atoms with Crippen molar-refractivity contribution in [3.8, 4) is 5.75 Å². The number of hydrogen-bond donors (Lipinski definition) is 2.